The molecule has 1 aliphatic rings. The number of piperidine rings is 1. The third kappa shape index (κ3) is 5.43. The summed E-state index contributed by atoms with van der Waals surface area (Å²) in [7, 11) is 1.84. The molecule has 1 fully saturated rings. The summed E-state index contributed by atoms with van der Waals surface area (Å²) < 4.78 is 5.87. The van der Waals surface area contributed by atoms with Crippen molar-refractivity contribution in [2.45, 2.75) is 44.9 Å². The normalized spacial score (nSPS) is 14.8. The van der Waals surface area contributed by atoms with Crippen molar-refractivity contribution in [3.63, 3.8) is 0 Å². The van der Waals surface area contributed by atoms with Crippen molar-refractivity contribution in [2.75, 3.05) is 33.3 Å². The number of ether oxygens (including phenoxy) is 1. The van der Waals surface area contributed by atoms with Crippen LogP contribution in [0.5, 0.6) is 5.75 Å². The van der Waals surface area contributed by atoms with Gasteiger partial charge in [-0.3, -0.25) is 9.59 Å². The topological polar surface area (TPSA) is 75.6 Å². The highest BCUT2D eigenvalue weighted by molar-refractivity contribution is 5.82. The molecule has 1 saturated heterocycles. The Hall–Kier alpha value is -2.70. The molecular weight excluding hydrogens is 368 g/mol. The molecule has 156 valence electrons. The molecule has 0 saturated carbocycles. The van der Waals surface area contributed by atoms with Gasteiger partial charge >= 0.3 is 0 Å². The molecule has 1 aliphatic heterocycles. The summed E-state index contributed by atoms with van der Waals surface area (Å²) in [5.74, 6) is 1.31. The van der Waals surface area contributed by atoms with Gasteiger partial charge in [0.2, 0.25) is 12.3 Å². The molecule has 7 heteroatoms. The number of nitrogens with zero attached hydrogens (tertiary/aromatic N) is 4. The molecule has 1 aromatic carbocycles. The predicted molar refractivity (Wildman–Crippen MR) is 112 cm³/mol. The van der Waals surface area contributed by atoms with Gasteiger partial charge in [-0.25, -0.2) is 9.97 Å². The third-order valence-corrected chi connectivity index (χ3v) is 5.50. The zero-order valence-electron chi connectivity index (χ0n) is 17.3. The minimum absolute atomic E-state index is 0.182. The Morgan fingerprint density at radius 2 is 2.10 bits per heavy atom. The lowest BCUT2D eigenvalue weighted by molar-refractivity contribution is -0.130. The van der Waals surface area contributed by atoms with Crippen LogP contribution in [0.25, 0.3) is 10.9 Å². The largest absolute Gasteiger partial charge is 0.493 e. The number of aromatic nitrogens is 2. The van der Waals surface area contributed by atoms with Crippen molar-refractivity contribution in [1.29, 1.82) is 0 Å². The molecule has 2 heterocycles. The highest BCUT2D eigenvalue weighted by Crippen LogP contribution is 2.31. The fraction of sp³-hybridized carbons (Fsp3) is 0.545. The first-order valence-corrected chi connectivity index (χ1v) is 10.4. The summed E-state index contributed by atoms with van der Waals surface area (Å²) in [6.45, 7) is 4.80. The minimum Gasteiger partial charge on any atom is -0.493 e. The second kappa shape index (κ2) is 10.2. The summed E-state index contributed by atoms with van der Waals surface area (Å²) in [5, 5.41) is 1.05. The van der Waals surface area contributed by atoms with Crippen LogP contribution in [0.4, 0.5) is 0 Å². The van der Waals surface area contributed by atoms with Crippen LogP contribution < -0.4 is 4.74 Å². The Kier molecular flexibility index (Phi) is 7.38. The molecule has 0 atom stereocenters. The Morgan fingerprint density at radius 1 is 1.31 bits per heavy atom. The van der Waals surface area contributed by atoms with E-state index >= 15 is 0 Å². The fourth-order valence-corrected chi connectivity index (χ4v) is 3.77. The maximum absolute atomic E-state index is 11.8. The van der Waals surface area contributed by atoms with Gasteiger partial charge in [0.05, 0.1) is 17.8 Å². The molecule has 2 amide bonds. The van der Waals surface area contributed by atoms with Gasteiger partial charge in [0.1, 0.15) is 12.1 Å². The zero-order chi connectivity index (χ0) is 20.6. The number of carbonyl (C=O) groups is 2. The quantitative estimate of drug-likeness (QED) is 0.479. The Balaban J connectivity index is 1.58. The second-order valence-corrected chi connectivity index (χ2v) is 7.62. The highest BCUT2D eigenvalue weighted by atomic mass is 16.5. The van der Waals surface area contributed by atoms with E-state index in [0.717, 1.165) is 67.5 Å². The van der Waals surface area contributed by atoms with Gasteiger partial charge in [0.15, 0.2) is 0 Å². The summed E-state index contributed by atoms with van der Waals surface area (Å²) >= 11 is 0. The van der Waals surface area contributed by atoms with Crippen LogP contribution in [0, 0.1) is 0 Å². The molecule has 0 bridgehead atoms. The highest BCUT2D eigenvalue weighted by Gasteiger charge is 2.22. The van der Waals surface area contributed by atoms with E-state index in [1.165, 1.54) is 0 Å². The first kappa shape index (κ1) is 21.0. The fourth-order valence-electron chi connectivity index (χ4n) is 3.77. The van der Waals surface area contributed by atoms with Crippen LogP contribution in [0.2, 0.25) is 0 Å². The number of carbonyl (C=O) groups excluding carboxylic acids is 2. The number of amides is 2. The smallest absolute Gasteiger partial charge is 0.222 e. The van der Waals surface area contributed by atoms with Gasteiger partial charge < -0.3 is 14.5 Å². The third-order valence-electron chi connectivity index (χ3n) is 5.50. The second-order valence-electron chi connectivity index (χ2n) is 7.62. The van der Waals surface area contributed by atoms with Crippen molar-refractivity contribution in [1.82, 2.24) is 19.8 Å². The van der Waals surface area contributed by atoms with E-state index in [4.69, 9.17) is 4.74 Å². The predicted octanol–water partition coefficient (Wildman–Crippen LogP) is 2.99. The van der Waals surface area contributed by atoms with E-state index < -0.39 is 0 Å². The molecule has 0 radical (unpaired) electrons. The van der Waals surface area contributed by atoms with Crippen LogP contribution in [-0.2, 0) is 9.59 Å². The molecule has 0 N–H and O–H groups in total. The monoisotopic (exact) mass is 398 g/mol. The Bertz CT molecular complexity index is 834. The average molecular weight is 399 g/mol. The van der Waals surface area contributed by atoms with Crippen LogP contribution in [0.3, 0.4) is 0 Å². The average Bonchev–Trinajstić information content (AvgIpc) is 2.76. The standard InChI is InChI=1S/C22H30N4O3/c1-3-5-21(28)25(2)10-4-13-29-18-6-7-19-20(14-18)23-15-24-22(19)17-8-11-26(16-27)12-9-17/h6-7,14-17H,3-5,8-13H2,1-2H3. The van der Waals surface area contributed by atoms with E-state index in [1.807, 2.05) is 37.1 Å². The maximum Gasteiger partial charge on any atom is 0.222 e. The molecule has 0 aliphatic carbocycles. The first-order chi connectivity index (χ1) is 14.1. The molecule has 7 nitrogen and oxygen atoms in total. The van der Waals surface area contributed by atoms with Crippen LogP contribution >= 0.6 is 0 Å². The molecule has 1 aromatic heterocycles. The van der Waals surface area contributed by atoms with Gasteiger partial charge in [0, 0.05) is 50.5 Å². The van der Waals surface area contributed by atoms with E-state index in [2.05, 4.69) is 9.97 Å². The molecule has 0 spiro atoms. The van der Waals surface area contributed by atoms with Crippen molar-refractivity contribution < 1.29 is 14.3 Å². The van der Waals surface area contributed by atoms with Gasteiger partial charge in [-0.2, -0.15) is 0 Å². The van der Waals surface area contributed by atoms with Crippen molar-refractivity contribution in [3.05, 3.63) is 30.2 Å². The zero-order valence-corrected chi connectivity index (χ0v) is 17.3. The van der Waals surface area contributed by atoms with E-state index in [1.54, 1.807) is 11.2 Å². The number of fused-ring (bicyclic) bond motifs is 1. The number of rotatable bonds is 9. The lowest BCUT2D eigenvalue weighted by atomic mass is 9.91. The number of benzene rings is 1. The number of hydrogen-bond donors (Lipinski definition) is 0. The van der Waals surface area contributed by atoms with Gasteiger partial charge in [-0.1, -0.05) is 6.92 Å². The van der Waals surface area contributed by atoms with Crippen LogP contribution in [-0.4, -0.2) is 65.4 Å². The first-order valence-electron chi connectivity index (χ1n) is 10.4. The Labute approximate surface area is 172 Å². The van der Waals surface area contributed by atoms with Crippen LogP contribution in [0.1, 0.15) is 50.6 Å². The van der Waals surface area contributed by atoms with Crippen molar-refractivity contribution in [3.8, 4) is 5.75 Å². The van der Waals surface area contributed by atoms with Crippen LogP contribution in [0.15, 0.2) is 24.5 Å². The Morgan fingerprint density at radius 3 is 2.83 bits per heavy atom. The van der Waals surface area contributed by atoms with E-state index in [9.17, 15) is 9.59 Å². The summed E-state index contributed by atoms with van der Waals surface area (Å²) in [5.41, 5.74) is 1.93. The maximum atomic E-state index is 11.8. The lowest BCUT2D eigenvalue weighted by Crippen LogP contribution is -2.31. The van der Waals surface area contributed by atoms with E-state index in [0.29, 0.717) is 25.5 Å². The molecule has 29 heavy (non-hydrogen) atoms. The van der Waals surface area contributed by atoms with E-state index in [-0.39, 0.29) is 5.91 Å². The summed E-state index contributed by atoms with van der Waals surface area (Å²) in [4.78, 5) is 35.3. The van der Waals surface area contributed by atoms with Gasteiger partial charge in [0.25, 0.3) is 0 Å². The molecule has 2 aromatic rings. The molecular formula is C22H30N4O3. The summed E-state index contributed by atoms with van der Waals surface area (Å²) in [6, 6.07) is 5.94. The van der Waals surface area contributed by atoms with Gasteiger partial charge in [-0.05, 0) is 37.8 Å². The van der Waals surface area contributed by atoms with Crippen molar-refractivity contribution >= 4 is 23.2 Å². The lowest BCUT2D eigenvalue weighted by Gasteiger charge is -2.29. The number of hydrogen-bond acceptors (Lipinski definition) is 5. The summed E-state index contributed by atoms with van der Waals surface area (Å²) in [6.07, 6.45) is 6.64. The SMILES string of the molecule is CCCC(=O)N(C)CCCOc1ccc2c(C3CCN(C=O)CC3)ncnc2c1. The molecule has 3 rings (SSSR count). The van der Waals surface area contributed by atoms with Gasteiger partial charge in [-0.15, -0.1) is 0 Å². The molecule has 0 unspecified atom stereocenters. The minimum atomic E-state index is 0.182. The van der Waals surface area contributed by atoms with Crippen molar-refractivity contribution in [2.24, 2.45) is 0 Å². The number of likely N-dealkylation sites (tertiary alicyclic amines) is 1.